The van der Waals surface area contributed by atoms with E-state index in [1.807, 2.05) is 29.2 Å². The van der Waals surface area contributed by atoms with Crippen molar-refractivity contribution in [2.45, 2.75) is 31.6 Å². The lowest BCUT2D eigenvalue weighted by molar-refractivity contribution is 0.625. The Hall–Kier alpha value is -5.88. The smallest absolute Gasteiger partial charge is 0.163 e. The number of rotatable bonds is 7. The molecular weight excluding hydrogens is 719 g/mol. The Labute approximate surface area is 336 Å². The molecule has 0 radical (unpaired) electrons. The number of thioether (sulfide) groups is 1. The van der Waals surface area contributed by atoms with E-state index >= 15 is 0 Å². The topological polar surface area (TPSA) is 38.7 Å². The highest BCUT2D eigenvalue weighted by molar-refractivity contribution is 8.07. The van der Waals surface area contributed by atoms with Crippen LogP contribution in [0.3, 0.4) is 0 Å². The normalized spacial score (nSPS) is 20.2. The van der Waals surface area contributed by atoms with Crippen LogP contribution in [-0.2, 0) is 0 Å². The molecule has 3 atom stereocenters. The second kappa shape index (κ2) is 15.0. The van der Waals surface area contributed by atoms with Crippen LogP contribution in [-0.4, -0.2) is 15.0 Å². The molecule has 0 spiro atoms. The number of thiophene rings is 1. The Balaban J connectivity index is 1.01. The minimum Gasteiger partial charge on any atom is -0.213 e. The first kappa shape index (κ1) is 34.6. The van der Waals surface area contributed by atoms with Crippen LogP contribution in [0.25, 0.3) is 49.8 Å². The molecule has 270 valence electrons. The molecule has 0 saturated heterocycles. The standard InChI is InChI=1S/C51H39N3S2/c1-2-13-41-31-39-20-10-22-42(48(39)55-41)38-19-9-21-40(30-38)50-52-49(36-16-7-4-8-17-36)53-51(54-50)43-23-12-25-46-47(43)44-32-37(18-11-24-45(44)56-46)35-28-26-34(27-29-35)33-14-5-3-6-15-33/h2-23,25-29,31-32,38,43,47H,24,30H2,1H3/b13-2-/t38?,43-,47?/m0/s1. The lowest BCUT2D eigenvalue weighted by Gasteiger charge is -2.26. The number of benzene rings is 4. The molecule has 0 fully saturated rings. The van der Waals surface area contributed by atoms with Crippen LogP contribution in [0.4, 0.5) is 0 Å². The van der Waals surface area contributed by atoms with Crippen molar-refractivity contribution in [2.75, 3.05) is 0 Å². The quantitative estimate of drug-likeness (QED) is 0.163. The van der Waals surface area contributed by atoms with E-state index in [0.29, 0.717) is 0 Å². The molecule has 6 aromatic rings. The van der Waals surface area contributed by atoms with Crippen molar-refractivity contribution in [3.05, 3.63) is 213 Å². The van der Waals surface area contributed by atoms with Crippen LogP contribution in [0, 0.1) is 5.92 Å². The second-order valence-corrected chi connectivity index (χ2v) is 16.8. The summed E-state index contributed by atoms with van der Waals surface area (Å²) in [5.41, 5.74) is 9.76. The fourth-order valence-corrected chi connectivity index (χ4v) is 10.8. The summed E-state index contributed by atoms with van der Waals surface area (Å²) in [6, 6.07) is 38.9. The third-order valence-electron chi connectivity index (χ3n) is 11.1. The molecule has 0 amide bonds. The van der Waals surface area contributed by atoms with Gasteiger partial charge in [0.1, 0.15) is 5.82 Å². The van der Waals surface area contributed by atoms with Crippen LogP contribution >= 0.6 is 23.1 Å². The molecular formula is C51H39N3S2. The predicted molar refractivity (Wildman–Crippen MR) is 238 cm³/mol. The molecule has 4 aliphatic rings. The Bertz CT molecular complexity index is 2720. The number of hydrogen-bond acceptors (Lipinski definition) is 5. The van der Waals surface area contributed by atoms with Gasteiger partial charge in [0.25, 0.3) is 0 Å². The number of hydrogen-bond donors (Lipinski definition) is 0. The first-order valence-corrected chi connectivity index (χ1v) is 21.0. The third-order valence-corrected chi connectivity index (χ3v) is 13.5. The van der Waals surface area contributed by atoms with Gasteiger partial charge in [-0.3, -0.25) is 0 Å². The minimum absolute atomic E-state index is 0.0318. The van der Waals surface area contributed by atoms with E-state index in [2.05, 4.69) is 177 Å². The predicted octanol–water partition coefficient (Wildman–Crippen LogP) is 13.8. The summed E-state index contributed by atoms with van der Waals surface area (Å²) in [7, 11) is 0. The molecule has 2 unspecified atom stereocenters. The lowest BCUT2D eigenvalue weighted by atomic mass is 9.80. The van der Waals surface area contributed by atoms with Gasteiger partial charge in [-0.25, -0.2) is 15.0 Å². The summed E-state index contributed by atoms with van der Waals surface area (Å²) in [4.78, 5) is 19.9. The molecule has 2 aromatic heterocycles. The summed E-state index contributed by atoms with van der Waals surface area (Å²) in [5.74, 6) is 2.62. The number of nitrogens with zero attached hydrogens (tertiary/aromatic N) is 3. The molecule has 3 nitrogen and oxygen atoms in total. The number of fused-ring (bicyclic) bond motifs is 3. The Morgan fingerprint density at radius 1 is 0.714 bits per heavy atom. The molecule has 4 aromatic carbocycles. The van der Waals surface area contributed by atoms with E-state index in [1.54, 1.807) is 0 Å². The number of allylic oxidation sites excluding steroid dienone is 15. The zero-order chi connectivity index (χ0) is 37.4. The molecule has 10 rings (SSSR count). The van der Waals surface area contributed by atoms with E-state index in [1.165, 1.54) is 58.2 Å². The molecule has 3 aliphatic carbocycles. The minimum atomic E-state index is -0.0318. The molecule has 1 aliphatic heterocycles. The van der Waals surface area contributed by atoms with Crippen molar-refractivity contribution in [3.63, 3.8) is 0 Å². The van der Waals surface area contributed by atoms with Crippen LogP contribution in [0.2, 0.25) is 0 Å². The second-order valence-electron chi connectivity index (χ2n) is 14.6. The fourth-order valence-electron chi connectivity index (χ4n) is 8.32. The van der Waals surface area contributed by atoms with Crippen molar-refractivity contribution in [2.24, 2.45) is 5.92 Å². The van der Waals surface area contributed by atoms with Gasteiger partial charge in [-0.1, -0.05) is 170 Å². The summed E-state index contributed by atoms with van der Waals surface area (Å²) < 4.78 is 1.35. The number of aromatic nitrogens is 3. The molecule has 3 heterocycles. The largest absolute Gasteiger partial charge is 0.213 e. The Kier molecular flexibility index (Phi) is 9.26. The highest BCUT2D eigenvalue weighted by Crippen LogP contribution is 2.55. The van der Waals surface area contributed by atoms with E-state index < -0.39 is 0 Å². The van der Waals surface area contributed by atoms with E-state index in [0.717, 1.165) is 41.5 Å². The van der Waals surface area contributed by atoms with Gasteiger partial charge in [0.15, 0.2) is 11.6 Å². The van der Waals surface area contributed by atoms with Crippen LogP contribution in [0.15, 0.2) is 185 Å². The van der Waals surface area contributed by atoms with Gasteiger partial charge in [0.05, 0.1) is 0 Å². The first-order valence-electron chi connectivity index (χ1n) is 19.4. The summed E-state index contributed by atoms with van der Waals surface area (Å²) >= 11 is 3.79. The maximum atomic E-state index is 5.38. The molecule has 5 heteroatoms. The third kappa shape index (κ3) is 6.61. The average molecular weight is 758 g/mol. The van der Waals surface area contributed by atoms with Crippen molar-refractivity contribution < 1.29 is 0 Å². The Morgan fingerprint density at radius 3 is 2.29 bits per heavy atom. The fraction of sp³-hybridized carbons (Fsp3) is 0.118. The van der Waals surface area contributed by atoms with Crippen molar-refractivity contribution in [1.29, 1.82) is 0 Å². The maximum Gasteiger partial charge on any atom is 0.163 e. The van der Waals surface area contributed by atoms with E-state index in [9.17, 15) is 0 Å². The van der Waals surface area contributed by atoms with Crippen molar-refractivity contribution >= 4 is 50.4 Å². The highest BCUT2D eigenvalue weighted by atomic mass is 32.2. The van der Waals surface area contributed by atoms with E-state index in [4.69, 9.17) is 15.0 Å². The SMILES string of the molecule is C/C=C\c1cc2cccc(C3C=CC=C(c4nc(-c5ccccc5)nc([C@H]5C=CC=C6SC7=C(C=C(c8ccc(-c9ccccc9)cc8)C=CC7)C65)n4)C3)c2s1. The summed E-state index contributed by atoms with van der Waals surface area (Å²) in [6.45, 7) is 2.08. The average Bonchev–Trinajstić information content (AvgIpc) is 3.77. The monoisotopic (exact) mass is 757 g/mol. The molecule has 0 N–H and O–H groups in total. The van der Waals surface area contributed by atoms with Gasteiger partial charge >= 0.3 is 0 Å². The van der Waals surface area contributed by atoms with Gasteiger partial charge in [-0.05, 0) is 92.2 Å². The van der Waals surface area contributed by atoms with Gasteiger partial charge in [0, 0.05) is 32.9 Å². The Morgan fingerprint density at radius 2 is 1.46 bits per heavy atom. The van der Waals surface area contributed by atoms with E-state index in [-0.39, 0.29) is 17.8 Å². The highest BCUT2D eigenvalue weighted by Gasteiger charge is 2.39. The zero-order valence-electron chi connectivity index (χ0n) is 31.0. The van der Waals surface area contributed by atoms with Gasteiger partial charge in [-0.15, -0.1) is 11.3 Å². The van der Waals surface area contributed by atoms with Crippen molar-refractivity contribution in [1.82, 2.24) is 15.0 Å². The summed E-state index contributed by atoms with van der Waals surface area (Å²) in [6.07, 6.45) is 26.6. The van der Waals surface area contributed by atoms with Crippen molar-refractivity contribution in [3.8, 4) is 22.5 Å². The van der Waals surface area contributed by atoms with Crippen LogP contribution in [0.5, 0.6) is 0 Å². The zero-order valence-corrected chi connectivity index (χ0v) is 32.7. The molecule has 56 heavy (non-hydrogen) atoms. The van der Waals surface area contributed by atoms with Crippen LogP contribution < -0.4 is 0 Å². The van der Waals surface area contributed by atoms with Gasteiger partial charge in [-0.2, -0.15) is 0 Å². The maximum absolute atomic E-state index is 5.38. The summed E-state index contributed by atoms with van der Waals surface area (Å²) in [5, 5.41) is 1.30. The lowest BCUT2D eigenvalue weighted by Crippen LogP contribution is -2.19. The van der Waals surface area contributed by atoms with Gasteiger partial charge in [0.2, 0.25) is 0 Å². The molecule has 0 saturated carbocycles. The van der Waals surface area contributed by atoms with Gasteiger partial charge < -0.3 is 0 Å². The first-order chi connectivity index (χ1) is 27.7. The molecule has 0 bridgehead atoms. The van der Waals surface area contributed by atoms with Crippen LogP contribution in [0.1, 0.15) is 59.3 Å².